The lowest BCUT2D eigenvalue weighted by Crippen LogP contribution is -2.22. The monoisotopic (exact) mass is 368 g/mol. The highest BCUT2D eigenvalue weighted by Gasteiger charge is 2.18. The molecule has 2 N–H and O–H groups in total. The first-order valence-corrected chi connectivity index (χ1v) is 10.2. The second kappa shape index (κ2) is 9.14. The number of hydrogen-bond acceptors (Lipinski definition) is 7. The van der Waals surface area contributed by atoms with Gasteiger partial charge in [0.05, 0.1) is 10.9 Å². The molecule has 2 aromatic rings. The van der Waals surface area contributed by atoms with Crippen LogP contribution >= 0.6 is 34.9 Å². The topological polar surface area (TPSA) is 66.9 Å². The average Bonchev–Trinajstić information content (AvgIpc) is 3.00. The molecule has 1 aromatic heterocycles. The predicted molar refractivity (Wildman–Crippen MR) is 101 cm³/mol. The Balaban J connectivity index is 1.93. The molecular formula is C15H20N4OS3. The molecule has 0 saturated heterocycles. The van der Waals surface area contributed by atoms with Crippen LogP contribution < -0.4 is 10.6 Å². The molecule has 0 aliphatic carbocycles. The Bertz CT molecular complexity index is 647. The number of hydrogen-bond donors (Lipinski definition) is 2. The van der Waals surface area contributed by atoms with Crippen LogP contribution in [-0.4, -0.2) is 34.2 Å². The third-order valence-corrected chi connectivity index (χ3v) is 5.81. The molecule has 1 aromatic carbocycles. The number of benzene rings is 1. The van der Waals surface area contributed by atoms with E-state index in [-0.39, 0.29) is 11.2 Å². The van der Waals surface area contributed by atoms with Crippen LogP contribution in [0.1, 0.15) is 20.3 Å². The molecule has 0 aliphatic rings. The molecule has 0 radical (unpaired) electrons. The minimum atomic E-state index is -0.239. The Morgan fingerprint density at radius 1 is 1.35 bits per heavy atom. The summed E-state index contributed by atoms with van der Waals surface area (Å²) in [5.74, 6) is -0.0326. The second-order valence-electron chi connectivity index (χ2n) is 4.75. The number of anilines is 2. The van der Waals surface area contributed by atoms with E-state index in [0.717, 1.165) is 33.0 Å². The Morgan fingerprint density at radius 3 is 2.87 bits per heavy atom. The van der Waals surface area contributed by atoms with Gasteiger partial charge < -0.3 is 10.6 Å². The molecule has 0 fully saturated rings. The Morgan fingerprint density at radius 2 is 2.13 bits per heavy atom. The second-order valence-corrected chi connectivity index (χ2v) is 8.16. The van der Waals surface area contributed by atoms with Crippen molar-refractivity contribution in [3.63, 3.8) is 0 Å². The summed E-state index contributed by atoms with van der Waals surface area (Å²) >= 11 is 4.52. The zero-order chi connectivity index (χ0) is 16.7. The first-order chi connectivity index (χ1) is 11.1. The average molecular weight is 369 g/mol. The summed E-state index contributed by atoms with van der Waals surface area (Å²) in [4.78, 5) is 13.4. The van der Waals surface area contributed by atoms with E-state index in [1.54, 1.807) is 11.8 Å². The van der Waals surface area contributed by atoms with Crippen LogP contribution in [0, 0.1) is 0 Å². The van der Waals surface area contributed by atoms with Gasteiger partial charge in [-0.1, -0.05) is 42.2 Å². The highest BCUT2D eigenvalue weighted by atomic mass is 32.2. The van der Waals surface area contributed by atoms with Gasteiger partial charge in [0.15, 0.2) is 4.34 Å². The van der Waals surface area contributed by atoms with Crippen molar-refractivity contribution in [2.75, 3.05) is 23.4 Å². The van der Waals surface area contributed by atoms with Crippen molar-refractivity contribution < 1.29 is 4.79 Å². The fraction of sp³-hybridized carbons (Fsp3) is 0.400. The molecule has 1 atom stereocenters. The third kappa shape index (κ3) is 5.40. The number of aromatic nitrogens is 2. The molecule has 0 aliphatic heterocycles. The lowest BCUT2D eigenvalue weighted by molar-refractivity contribution is -0.115. The molecule has 0 saturated carbocycles. The number of amides is 1. The number of carbonyl (C=O) groups excluding carboxylic acids is 1. The SMILES string of the molecule is CCCNc1nnc(SC(C)C(=O)Nc2ccccc2SC)s1. The highest BCUT2D eigenvalue weighted by molar-refractivity contribution is 8.02. The molecule has 0 spiro atoms. The van der Waals surface area contributed by atoms with Crippen LogP contribution in [0.15, 0.2) is 33.5 Å². The summed E-state index contributed by atoms with van der Waals surface area (Å²) < 4.78 is 0.796. The van der Waals surface area contributed by atoms with Gasteiger partial charge in [0.2, 0.25) is 11.0 Å². The van der Waals surface area contributed by atoms with Gasteiger partial charge in [-0.05, 0) is 31.7 Å². The van der Waals surface area contributed by atoms with Crippen molar-refractivity contribution >= 4 is 51.6 Å². The number of nitrogens with zero attached hydrogens (tertiary/aromatic N) is 2. The fourth-order valence-corrected chi connectivity index (χ4v) is 4.22. The summed E-state index contributed by atoms with van der Waals surface area (Å²) in [6.45, 7) is 4.85. The van der Waals surface area contributed by atoms with E-state index in [2.05, 4.69) is 27.8 Å². The van der Waals surface area contributed by atoms with Crippen LogP contribution in [0.25, 0.3) is 0 Å². The van der Waals surface area contributed by atoms with E-state index in [9.17, 15) is 4.79 Å². The van der Waals surface area contributed by atoms with Crippen LogP contribution in [0.5, 0.6) is 0 Å². The number of thioether (sulfide) groups is 2. The van der Waals surface area contributed by atoms with Gasteiger partial charge in [0, 0.05) is 11.4 Å². The van der Waals surface area contributed by atoms with Crippen LogP contribution in [0.2, 0.25) is 0 Å². The van der Waals surface area contributed by atoms with Crippen molar-refractivity contribution in [3.8, 4) is 0 Å². The lowest BCUT2D eigenvalue weighted by Gasteiger charge is -2.12. The molecule has 1 unspecified atom stereocenters. The summed E-state index contributed by atoms with van der Waals surface area (Å²) in [6.07, 6.45) is 3.03. The normalized spacial score (nSPS) is 12.0. The summed E-state index contributed by atoms with van der Waals surface area (Å²) in [6, 6.07) is 7.79. The molecular weight excluding hydrogens is 348 g/mol. The van der Waals surface area contributed by atoms with Crippen LogP contribution in [0.4, 0.5) is 10.8 Å². The van der Waals surface area contributed by atoms with Crippen LogP contribution in [-0.2, 0) is 4.79 Å². The van der Waals surface area contributed by atoms with Gasteiger partial charge in [-0.25, -0.2) is 0 Å². The van der Waals surface area contributed by atoms with E-state index < -0.39 is 0 Å². The number of carbonyl (C=O) groups is 1. The molecule has 5 nitrogen and oxygen atoms in total. The standard InChI is InChI=1S/C15H20N4OS3/c1-4-9-16-14-18-19-15(23-14)22-10(2)13(20)17-11-7-5-6-8-12(11)21-3/h5-8,10H,4,9H2,1-3H3,(H,16,18)(H,17,20). The molecule has 0 bridgehead atoms. The first kappa shape index (κ1) is 18.1. The number of nitrogens with one attached hydrogen (secondary N) is 2. The zero-order valence-corrected chi connectivity index (χ0v) is 15.8. The lowest BCUT2D eigenvalue weighted by atomic mass is 10.3. The fourth-order valence-electron chi connectivity index (χ4n) is 1.75. The van der Waals surface area contributed by atoms with E-state index >= 15 is 0 Å². The van der Waals surface area contributed by atoms with E-state index in [4.69, 9.17) is 0 Å². The summed E-state index contributed by atoms with van der Waals surface area (Å²) in [5, 5.41) is 14.9. The number of para-hydroxylation sites is 1. The van der Waals surface area contributed by atoms with Gasteiger partial charge in [-0.3, -0.25) is 4.79 Å². The predicted octanol–water partition coefficient (Wildman–Crippen LogP) is 4.20. The zero-order valence-electron chi connectivity index (χ0n) is 13.3. The van der Waals surface area contributed by atoms with E-state index in [1.807, 2.05) is 37.4 Å². The van der Waals surface area contributed by atoms with Gasteiger partial charge in [0.1, 0.15) is 0 Å². The van der Waals surface area contributed by atoms with Crippen molar-refractivity contribution in [1.29, 1.82) is 0 Å². The van der Waals surface area contributed by atoms with E-state index in [1.165, 1.54) is 23.1 Å². The van der Waals surface area contributed by atoms with Crippen molar-refractivity contribution in [3.05, 3.63) is 24.3 Å². The molecule has 124 valence electrons. The molecule has 8 heteroatoms. The van der Waals surface area contributed by atoms with Gasteiger partial charge in [0.25, 0.3) is 0 Å². The maximum Gasteiger partial charge on any atom is 0.237 e. The maximum atomic E-state index is 12.4. The number of rotatable bonds is 8. The van der Waals surface area contributed by atoms with Gasteiger partial charge in [-0.15, -0.1) is 22.0 Å². The molecule has 1 amide bonds. The highest BCUT2D eigenvalue weighted by Crippen LogP contribution is 2.30. The Labute approximate surface area is 149 Å². The Hall–Kier alpha value is -1.25. The van der Waals surface area contributed by atoms with Gasteiger partial charge in [-0.2, -0.15) is 0 Å². The minimum absolute atomic E-state index is 0.0326. The molecule has 23 heavy (non-hydrogen) atoms. The third-order valence-electron chi connectivity index (χ3n) is 2.94. The largest absolute Gasteiger partial charge is 0.360 e. The van der Waals surface area contributed by atoms with Crippen molar-refractivity contribution in [2.45, 2.75) is 34.8 Å². The first-order valence-electron chi connectivity index (χ1n) is 7.32. The summed E-state index contributed by atoms with van der Waals surface area (Å²) in [5.41, 5.74) is 0.847. The van der Waals surface area contributed by atoms with Crippen molar-refractivity contribution in [1.82, 2.24) is 10.2 Å². The smallest absolute Gasteiger partial charge is 0.237 e. The molecule has 2 rings (SSSR count). The minimum Gasteiger partial charge on any atom is -0.360 e. The van der Waals surface area contributed by atoms with Crippen molar-refractivity contribution in [2.24, 2.45) is 0 Å². The maximum absolute atomic E-state index is 12.4. The van der Waals surface area contributed by atoms with Crippen LogP contribution in [0.3, 0.4) is 0 Å². The summed E-state index contributed by atoms with van der Waals surface area (Å²) in [7, 11) is 0. The Kier molecular flexibility index (Phi) is 7.19. The van der Waals surface area contributed by atoms with Gasteiger partial charge >= 0.3 is 0 Å². The molecule has 1 heterocycles. The van der Waals surface area contributed by atoms with E-state index in [0.29, 0.717) is 0 Å². The quantitative estimate of drug-likeness (QED) is 0.681.